The Morgan fingerprint density at radius 3 is 2.71 bits per heavy atom. The zero-order valence-electron chi connectivity index (χ0n) is 10.6. The molecule has 17 heavy (non-hydrogen) atoms. The van der Waals surface area contributed by atoms with E-state index in [2.05, 4.69) is 4.90 Å². The average Bonchev–Trinajstić information content (AvgIpc) is 2.25. The number of benzene rings is 1. The van der Waals surface area contributed by atoms with Gasteiger partial charge in [0.15, 0.2) is 0 Å². The van der Waals surface area contributed by atoms with Crippen molar-refractivity contribution in [2.45, 2.75) is 13.3 Å². The van der Waals surface area contributed by atoms with Crippen LogP contribution < -0.4 is 4.74 Å². The second-order valence-electron chi connectivity index (χ2n) is 4.29. The van der Waals surface area contributed by atoms with Crippen LogP contribution in [0.25, 0.3) is 0 Å². The maximum absolute atomic E-state index is 10.8. The van der Waals surface area contributed by atoms with Crippen LogP contribution in [0.4, 0.5) is 0 Å². The number of hydrogen-bond acceptors (Lipinski definition) is 3. The SMILES string of the molecule is Cc1ccc(C(=O)O)cc1OCCCN(C)C. The molecule has 0 aliphatic carbocycles. The van der Waals surface area contributed by atoms with Crippen LogP contribution in [0, 0.1) is 6.92 Å². The Labute approximate surface area is 102 Å². The van der Waals surface area contributed by atoms with E-state index in [0.29, 0.717) is 12.4 Å². The summed E-state index contributed by atoms with van der Waals surface area (Å²) < 4.78 is 5.59. The number of carbonyl (C=O) groups is 1. The fourth-order valence-electron chi connectivity index (χ4n) is 1.45. The Balaban J connectivity index is 2.57. The number of rotatable bonds is 6. The van der Waals surface area contributed by atoms with E-state index >= 15 is 0 Å². The van der Waals surface area contributed by atoms with Gasteiger partial charge in [-0.25, -0.2) is 4.79 Å². The van der Waals surface area contributed by atoms with Gasteiger partial charge < -0.3 is 14.7 Å². The summed E-state index contributed by atoms with van der Waals surface area (Å²) >= 11 is 0. The lowest BCUT2D eigenvalue weighted by molar-refractivity contribution is 0.0696. The number of carboxylic acids is 1. The third-order valence-corrected chi connectivity index (χ3v) is 2.44. The van der Waals surface area contributed by atoms with Crippen LogP contribution in [-0.2, 0) is 0 Å². The summed E-state index contributed by atoms with van der Waals surface area (Å²) in [7, 11) is 4.02. The van der Waals surface area contributed by atoms with Gasteiger partial charge in [-0.1, -0.05) is 6.07 Å². The molecule has 0 bridgehead atoms. The number of aromatic carboxylic acids is 1. The van der Waals surface area contributed by atoms with Crippen molar-refractivity contribution in [1.29, 1.82) is 0 Å². The molecule has 0 unspecified atom stereocenters. The van der Waals surface area contributed by atoms with Crippen molar-refractivity contribution in [3.8, 4) is 5.75 Å². The molecule has 0 aliphatic heterocycles. The molecule has 0 aliphatic rings. The predicted molar refractivity (Wildman–Crippen MR) is 66.8 cm³/mol. The Bertz CT molecular complexity index is 388. The van der Waals surface area contributed by atoms with Gasteiger partial charge in [-0.2, -0.15) is 0 Å². The number of hydrogen-bond donors (Lipinski definition) is 1. The molecule has 0 atom stereocenters. The van der Waals surface area contributed by atoms with Crippen LogP contribution in [0.3, 0.4) is 0 Å². The lowest BCUT2D eigenvalue weighted by Gasteiger charge is -2.12. The van der Waals surface area contributed by atoms with Crippen LogP contribution in [0.15, 0.2) is 18.2 Å². The Morgan fingerprint density at radius 2 is 2.12 bits per heavy atom. The van der Waals surface area contributed by atoms with Gasteiger partial charge in [-0.3, -0.25) is 0 Å². The molecular weight excluding hydrogens is 218 g/mol. The summed E-state index contributed by atoms with van der Waals surface area (Å²) in [5.74, 6) is -0.271. The molecular formula is C13H19NO3. The van der Waals surface area contributed by atoms with Gasteiger partial charge in [0.25, 0.3) is 0 Å². The average molecular weight is 237 g/mol. The lowest BCUT2D eigenvalue weighted by Crippen LogP contribution is -2.15. The van der Waals surface area contributed by atoms with E-state index in [1.165, 1.54) is 0 Å². The Morgan fingerprint density at radius 1 is 1.41 bits per heavy atom. The predicted octanol–water partition coefficient (Wildman–Crippen LogP) is 2.02. The van der Waals surface area contributed by atoms with Crippen LogP contribution >= 0.6 is 0 Å². The van der Waals surface area contributed by atoms with Crippen molar-refractivity contribution in [3.05, 3.63) is 29.3 Å². The summed E-state index contributed by atoms with van der Waals surface area (Å²) in [6.07, 6.45) is 0.920. The lowest BCUT2D eigenvalue weighted by atomic mass is 10.1. The number of carboxylic acid groups (broad SMARTS) is 1. The molecule has 4 nitrogen and oxygen atoms in total. The van der Waals surface area contributed by atoms with Gasteiger partial charge in [0.05, 0.1) is 12.2 Å². The van der Waals surface area contributed by atoms with Gasteiger partial charge in [-0.15, -0.1) is 0 Å². The molecule has 94 valence electrons. The molecule has 0 aromatic heterocycles. The first-order chi connectivity index (χ1) is 8.00. The minimum Gasteiger partial charge on any atom is -0.493 e. The van der Waals surface area contributed by atoms with Gasteiger partial charge in [0.2, 0.25) is 0 Å². The first-order valence-corrected chi connectivity index (χ1v) is 5.62. The molecule has 1 rings (SSSR count). The van der Waals surface area contributed by atoms with Crippen molar-refractivity contribution >= 4 is 5.97 Å². The van der Waals surface area contributed by atoms with Crippen molar-refractivity contribution in [2.75, 3.05) is 27.2 Å². The third-order valence-electron chi connectivity index (χ3n) is 2.44. The maximum Gasteiger partial charge on any atom is 0.335 e. The molecule has 0 saturated heterocycles. The van der Waals surface area contributed by atoms with Gasteiger partial charge in [-0.05, 0) is 45.1 Å². The fourth-order valence-corrected chi connectivity index (χ4v) is 1.45. The standard InChI is InChI=1S/C13H19NO3/c1-10-5-6-11(13(15)16)9-12(10)17-8-4-7-14(2)3/h5-6,9H,4,7-8H2,1-3H3,(H,15,16). The largest absolute Gasteiger partial charge is 0.493 e. The third kappa shape index (κ3) is 4.44. The van der Waals surface area contributed by atoms with Gasteiger partial charge in [0.1, 0.15) is 5.75 Å². The molecule has 0 radical (unpaired) electrons. The highest BCUT2D eigenvalue weighted by Gasteiger charge is 2.06. The maximum atomic E-state index is 10.8. The summed E-state index contributed by atoms with van der Waals surface area (Å²) in [5.41, 5.74) is 1.22. The van der Waals surface area contributed by atoms with E-state index in [4.69, 9.17) is 9.84 Å². The molecule has 0 fully saturated rings. The quantitative estimate of drug-likeness (QED) is 0.769. The van der Waals surface area contributed by atoms with Crippen LogP contribution in [0.1, 0.15) is 22.3 Å². The molecule has 0 amide bonds. The Hall–Kier alpha value is -1.55. The second-order valence-corrected chi connectivity index (χ2v) is 4.29. The van der Waals surface area contributed by atoms with E-state index < -0.39 is 5.97 Å². The summed E-state index contributed by atoms with van der Waals surface area (Å²) in [6.45, 7) is 3.46. The highest BCUT2D eigenvalue weighted by molar-refractivity contribution is 5.88. The Kier molecular flexibility index (Phi) is 4.97. The van der Waals surface area contributed by atoms with Crippen LogP contribution in [0.2, 0.25) is 0 Å². The number of ether oxygens (including phenoxy) is 1. The summed E-state index contributed by atoms with van der Waals surface area (Å²) in [6, 6.07) is 4.93. The molecule has 0 saturated carbocycles. The minimum atomic E-state index is -0.928. The monoisotopic (exact) mass is 237 g/mol. The normalized spacial score (nSPS) is 10.6. The first kappa shape index (κ1) is 13.5. The zero-order valence-corrected chi connectivity index (χ0v) is 10.6. The minimum absolute atomic E-state index is 0.262. The fraction of sp³-hybridized carbons (Fsp3) is 0.462. The number of aryl methyl sites for hydroxylation is 1. The van der Waals surface area contributed by atoms with E-state index in [-0.39, 0.29) is 5.56 Å². The smallest absolute Gasteiger partial charge is 0.335 e. The molecule has 4 heteroatoms. The van der Waals surface area contributed by atoms with Gasteiger partial charge in [0, 0.05) is 6.54 Å². The second kappa shape index (κ2) is 6.25. The molecule has 0 spiro atoms. The number of nitrogens with zero attached hydrogens (tertiary/aromatic N) is 1. The highest BCUT2D eigenvalue weighted by atomic mass is 16.5. The van der Waals surface area contributed by atoms with E-state index in [0.717, 1.165) is 18.5 Å². The van der Waals surface area contributed by atoms with Crippen molar-refractivity contribution < 1.29 is 14.6 Å². The van der Waals surface area contributed by atoms with Crippen molar-refractivity contribution in [3.63, 3.8) is 0 Å². The van der Waals surface area contributed by atoms with E-state index in [1.54, 1.807) is 18.2 Å². The molecule has 0 heterocycles. The van der Waals surface area contributed by atoms with Crippen molar-refractivity contribution in [2.24, 2.45) is 0 Å². The molecule has 1 aromatic rings. The summed E-state index contributed by atoms with van der Waals surface area (Å²) in [5, 5.41) is 8.88. The van der Waals surface area contributed by atoms with E-state index in [9.17, 15) is 4.79 Å². The van der Waals surface area contributed by atoms with E-state index in [1.807, 2.05) is 21.0 Å². The van der Waals surface area contributed by atoms with Crippen LogP contribution in [-0.4, -0.2) is 43.2 Å². The first-order valence-electron chi connectivity index (χ1n) is 5.62. The van der Waals surface area contributed by atoms with Crippen molar-refractivity contribution in [1.82, 2.24) is 4.90 Å². The molecule has 1 N–H and O–H groups in total. The topological polar surface area (TPSA) is 49.8 Å². The zero-order chi connectivity index (χ0) is 12.8. The summed E-state index contributed by atoms with van der Waals surface area (Å²) in [4.78, 5) is 12.9. The van der Waals surface area contributed by atoms with Gasteiger partial charge >= 0.3 is 5.97 Å². The highest BCUT2D eigenvalue weighted by Crippen LogP contribution is 2.19. The van der Waals surface area contributed by atoms with Crippen LogP contribution in [0.5, 0.6) is 5.75 Å². The molecule has 1 aromatic carbocycles.